The fourth-order valence-corrected chi connectivity index (χ4v) is 1.63. The lowest BCUT2D eigenvalue weighted by Gasteiger charge is -2.25. The predicted octanol–water partition coefficient (Wildman–Crippen LogP) is 2.66. The standard InChI is InChI=1S/C13H16N2O6/c1-13(2,3)21-12(18)14(4)10-8(11(16)17)6-5-7-9(10)15(19)20/h5-7H,1-4H3,(H,16,17). The molecule has 0 aliphatic carbocycles. The van der Waals surface area contributed by atoms with E-state index in [9.17, 15) is 19.7 Å². The van der Waals surface area contributed by atoms with E-state index in [0.29, 0.717) is 0 Å². The number of nitro groups is 1. The highest BCUT2D eigenvalue weighted by molar-refractivity contribution is 6.02. The molecule has 0 radical (unpaired) electrons. The summed E-state index contributed by atoms with van der Waals surface area (Å²) < 4.78 is 5.09. The van der Waals surface area contributed by atoms with Crippen molar-refractivity contribution in [2.45, 2.75) is 26.4 Å². The highest BCUT2D eigenvalue weighted by atomic mass is 16.6. The number of para-hydroxylation sites is 1. The zero-order valence-electron chi connectivity index (χ0n) is 12.1. The highest BCUT2D eigenvalue weighted by Crippen LogP contribution is 2.32. The Morgan fingerprint density at radius 2 is 1.90 bits per heavy atom. The van der Waals surface area contributed by atoms with Crippen molar-refractivity contribution in [3.63, 3.8) is 0 Å². The second-order valence-electron chi connectivity index (χ2n) is 5.27. The van der Waals surface area contributed by atoms with Crippen molar-refractivity contribution in [3.8, 4) is 0 Å². The minimum Gasteiger partial charge on any atom is -0.478 e. The molecule has 8 heteroatoms. The maximum absolute atomic E-state index is 12.0. The quantitative estimate of drug-likeness (QED) is 0.678. The molecule has 1 aromatic rings. The van der Waals surface area contributed by atoms with Gasteiger partial charge in [0.15, 0.2) is 0 Å². The fraction of sp³-hybridized carbons (Fsp3) is 0.385. The van der Waals surface area contributed by atoms with E-state index < -0.39 is 28.3 Å². The molecule has 0 saturated heterocycles. The number of hydrogen-bond acceptors (Lipinski definition) is 5. The van der Waals surface area contributed by atoms with Crippen LogP contribution < -0.4 is 4.90 Å². The van der Waals surface area contributed by atoms with Gasteiger partial charge in [0.2, 0.25) is 0 Å². The molecule has 1 aromatic carbocycles. The van der Waals surface area contributed by atoms with E-state index in [-0.39, 0.29) is 11.3 Å². The Morgan fingerprint density at radius 1 is 1.33 bits per heavy atom. The van der Waals surface area contributed by atoms with Crippen molar-refractivity contribution >= 4 is 23.4 Å². The summed E-state index contributed by atoms with van der Waals surface area (Å²) in [5.41, 5.74) is -1.96. The number of anilines is 1. The second kappa shape index (κ2) is 5.78. The lowest BCUT2D eigenvalue weighted by atomic mass is 10.1. The minimum atomic E-state index is -1.37. The van der Waals surface area contributed by atoms with E-state index in [1.807, 2.05) is 0 Å². The normalized spacial score (nSPS) is 10.9. The van der Waals surface area contributed by atoms with Gasteiger partial charge in [-0.25, -0.2) is 9.59 Å². The average molecular weight is 296 g/mol. The Balaban J connectivity index is 3.36. The number of amides is 1. The molecule has 0 fully saturated rings. The lowest BCUT2D eigenvalue weighted by Crippen LogP contribution is -2.35. The smallest absolute Gasteiger partial charge is 0.414 e. The number of carboxylic acid groups (broad SMARTS) is 1. The summed E-state index contributed by atoms with van der Waals surface area (Å²) in [7, 11) is 1.23. The Morgan fingerprint density at radius 3 is 2.33 bits per heavy atom. The van der Waals surface area contributed by atoms with Gasteiger partial charge in [-0.1, -0.05) is 6.07 Å². The van der Waals surface area contributed by atoms with Crippen LogP contribution in [0.25, 0.3) is 0 Å². The van der Waals surface area contributed by atoms with Crippen molar-refractivity contribution in [2.75, 3.05) is 11.9 Å². The van der Waals surface area contributed by atoms with Crippen LogP contribution >= 0.6 is 0 Å². The number of rotatable bonds is 3. The van der Waals surface area contributed by atoms with E-state index in [4.69, 9.17) is 9.84 Å². The topological polar surface area (TPSA) is 110 Å². The minimum absolute atomic E-state index is 0.316. The molecule has 1 N–H and O–H groups in total. The first-order valence-corrected chi connectivity index (χ1v) is 6.02. The lowest BCUT2D eigenvalue weighted by molar-refractivity contribution is -0.384. The molecule has 0 bridgehead atoms. The Hall–Kier alpha value is -2.64. The predicted molar refractivity (Wildman–Crippen MR) is 74.7 cm³/mol. The molecule has 21 heavy (non-hydrogen) atoms. The van der Waals surface area contributed by atoms with Crippen molar-refractivity contribution in [1.29, 1.82) is 0 Å². The van der Waals surface area contributed by atoms with Crippen LogP contribution in [-0.4, -0.2) is 34.7 Å². The molecule has 1 amide bonds. The highest BCUT2D eigenvalue weighted by Gasteiger charge is 2.30. The molecule has 0 spiro atoms. The van der Waals surface area contributed by atoms with Crippen LogP contribution in [-0.2, 0) is 4.74 Å². The van der Waals surface area contributed by atoms with Gasteiger partial charge in [-0.3, -0.25) is 15.0 Å². The first kappa shape index (κ1) is 16.4. The molecule has 0 saturated carbocycles. The van der Waals surface area contributed by atoms with Crippen LogP contribution in [0.3, 0.4) is 0 Å². The van der Waals surface area contributed by atoms with Gasteiger partial charge in [-0.2, -0.15) is 0 Å². The van der Waals surface area contributed by atoms with Crippen LogP contribution in [0.15, 0.2) is 18.2 Å². The van der Waals surface area contributed by atoms with Gasteiger partial charge in [0.25, 0.3) is 5.69 Å². The van der Waals surface area contributed by atoms with Crippen LogP contribution in [0, 0.1) is 10.1 Å². The number of ether oxygens (including phenoxy) is 1. The van der Waals surface area contributed by atoms with E-state index in [1.54, 1.807) is 20.8 Å². The number of benzene rings is 1. The van der Waals surface area contributed by atoms with Gasteiger partial charge in [0.05, 0.1) is 10.5 Å². The first-order valence-electron chi connectivity index (χ1n) is 6.02. The number of nitro benzene ring substituents is 1. The molecule has 0 aromatic heterocycles. The van der Waals surface area contributed by atoms with E-state index >= 15 is 0 Å². The zero-order chi connectivity index (χ0) is 16.4. The Labute approximate surface area is 121 Å². The van der Waals surface area contributed by atoms with E-state index in [0.717, 1.165) is 11.0 Å². The van der Waals surface area contributed by atoms with Crippen molar-refractivity contribution in [3.05, 3.63) is 33.9 Å². The summed E-state index contributed by atoms with van der Waals surface area (Å²) in [5, 5.41) is 20.2. The number of carbonyl (C=O) groups is 2. The summed E-state index contributed by atoms with van der Waals surface area (Å²) >= 11 is 0. The molecule has 1 rings (SSSR count). The second-order valence-corrected chi connectivity index (χ2v) is 5.27. The van der Waals surface area contributed by atoms with E-state index in [2.05, 4.69) is 0 Å². The van der Waals surface area contributed by atoms with E-state index in [1.165, 1.54) is 19.2 Å². The van der Waals surface area contributed by atoms with Crippen LogP contribution in [0.2, 0.25) is 0 Å². The number of carbonyl (C=O) groups excluding carboxylic acids is 1. The Kier molecular flexibility index (Phi) is 4.52. The fourth-order valence-electron chi connectivity index (χ4n) is 1.63. The van der Waals surface area contributed by atoms with Gasteiger partial charge >= 0.3 is 12.1 Å². The Bertz CT molecular complexity index is 559. The zero-order valence-corrected chi connectivity index (χ0v) is 12.1. The SMILES string of the molecule is CN(C(=O)OC(C)(C)C)c1c(C(=O)O)cccc1[N+](=O)[O-]. The molecule has 8 nitrogen and oxygen atoms in total. The monoisotopic (exact) mass is 296 g/mol. The van der Waals surface area contributed by atoms with Crippen molar-refractivity contribution in [2.24, 2.45) is 0 Å². The summed E-state index contributed by atoms with van der Waals surface area (Å²) in [6.07, 6.45) is -0.876. The third-order valence-electron chi connectivity index (χ3n) is 2.44. The molecule has 114 valence electrons. The first-order chi connectivity index (χ1) is 9.54. The molecule has 0 heterocycles. The van der Waals surface area contributed by atoms with Gasteiger partial charge in [0, 0.05) is 13.1 Å². The largest absolute Gasteiger partial charge is 0.478 e. The average Bonchev–Trinajstić information content (AvgIpc) is 2.34. The van der Waals surface area contributed by atoms with Crippen LogP contribution in [0.4, 0.5) is 16.2 Å². The van der Waals surface area contributed by atoms with Crippen LogP contribution in [0.1, 0.15) is 31.1 Å². The molecular weight excluding hydrogens is 280 g/mol. The molecule has 0 unspecified atom stereocenters. The molecule has 0 atom stereocenters. The molecule has 0 aliphatic heterocycles. The summed E-state index contributed by atoms with van der Waals surface area (Å²) in [6, 6.07) is 3.56. The molecular formula is C13H16N2O6. The van der Waals surface area contributed by atoms with Gasteiger partial charge < -0.3 is 9.84 Å². The van der Waals surface area contributed by atoms with Gasteiger partial charge in [0.1, 0.15) is 11.3 Å². The van der Waals surface area contributed by atoms with Crippen molar-refractivity contribution < 1.29 is 24.4 Å². The maximum atomic E-state index is 12.0. The molecule has 0 aliphatic rings. The number of hydrogen-bond donors (Lipinski definition) is 1. The number of carboxylic acids is 1. The summed E-state index contributed by atoms with van der Waals surface area (Å²) in [5.74, 6) is -1.37. The third kappa shape index (κ3) is 3.91. The summed E-state index contributed by atoms with van der Waals surface area (Å²) in [6.45, 7) is 4.91. The summed E-state index contributed by atoms with van der Waals surface area (Å²) in [4.78, 5) is 34.3. The van der Waals surface area contributed by atoms with Gasteiger partial charge in [-0.05, 0) is 26.8 Å². The van der Waals surface area contributed by atoms with Gasteiger partial charge in [-0.15, -0.1) is 0 Å². The maximum Gasteiger partial charge on any atom is 0.414 e. The third-order valence-corrected chi connectivity index (χ3v) is 2.44. The number of aromatic carboxylic acids is 1. The number of nitrogens with zero attached hydrogens (tertiary/aromatic N) is 2. The van der Waals surface area contributed by atoms with Crippen LogP contribution in [0.5, 0.6) is 0 Å². The van der Waals surface area contributed by atoms with Crippen molar-refractivity contribution in [1.82, 2.24) is 0 Å².